The van der Waals surface area contributed by atoms with Gasteiger partial charge in [0.05, 0.1) is 4.90 Å². The minimum Gasteiger partial charge on any atom is -0.299 e. The standard InChI is InChI=1S/C16H26N2O2S/c1-12(2)14-5-7-16(8-6-14)21(19,20)17-15-9-10-18(11-15)13(3)4/h5-8,12-13,15,17H,9-11H2,1-4H3/t15-/m0/s1. The molecule has 0 aromatic heterocycles. The lowest BCUT2D eigenvalue weighted by atomic mass is 10.0. The van der Waals surface area contributed by atoms with E-state index in [9.17, 15) is 8.42 Å². The largest absolute Gasteiger partial charge is 0.299 e. The van der Waals surface area contributed by atoms with Crippen molar-refractivity contribution in [1.82, 2.24) is 9.62 Å². The minimum atomic E-state index is -3.41. The zero-order valence-electron chi connectivity index (χ0n) is 13.3. The first-order valence-corrected chi connectivity index (χ1v) is 9.14. The van der Waals surface area contributed by atoms with Crippen LogP contribution in [0.4, 0.5) is 0 Å². The molecule has 0 saturated carbocycles. The van der Waals surface area contributed by atoms with Gasteiger partial charge in [0.15, 0.2) is 0 Å². The molecule has 0 amide bonds. The Morgan fingerprint density at radius 1 is 1.14 bits per heavy atom. The molecule has 1 heterocycles. The van der Waals surface area contributed by atoms with Crippen LogP contribution in [-0.4, -0.2) is 38.5 Å². The summed E-state index contributed by atoms with van der Waals surface area (Å²) in [6.45, 7) is 10.2. The molecule has 1 aromatic carbocycles. The Balaban J connectivity index is 2.05. The van der Waals surface area contributed by atoms with Crippen molar-refractivity contribution in [2.75, 3.05) is 13.1 Å². The van der Waals surface area contributed by atoms with Gasteiger partial charge in [-0.1, -0.05) is 26.0 Å². The molecule has 4 nitrogen and oxygen atoms in total. The van der Waals surface area contributed by atoms with Crippen molar-refractivity contribution in [3.05, 3.63) is 29.8 Å². The lowest BCUT2D eigenvalue weighted by Gasteiger charge is -2.20. The molecule has 2 rings (SSSR count). The molecule has 1 N–H and O–H groups in total. The fourth-order valence-corrected chi connectivity index (χ4v) is 3.93. The first-order valence-electron chi connectivity index (χ1n) is 7.66. The van der Waals surface area contributed by atoms with Gasteiger partial charge in [-0.15, -0.1) is 0 Å². The Kier molecular flexibility index (Phi) is 5.07. The van der Waals surface area contributed by atoms with Crippen molar-refractivity contribution in [3.63, 3.8) is 0 Å². The van der Waals surface area contributed by atoms with Gasteiger partial charge in [0, 0.05) is 25.2 Å². The summed E-state index contributed by atoms with van der Waals surface area (Å²) in [7, 11) is -3.41. The number of rotatable bonds is 5. The molecule has 0 bridgehead atoms. The number of hydrogen-bond donors (Lipinski definition) is 1. The van der Waals surface area contributed by atoms with Crippen molar-refractivity contribution in [2.45, 2.75) is 57.0 Å². The number of sulfonamides is 1. The summed E-state index contributed by atoms with van der Waals surface area (Å²) < 4.78 is 27.7. The molecule has 1 saturated heterocycles. The molecule has 118 valence electrons. The highest BCUT2D eigenvalue weighted by atomic mass is 32.2. The summed E-state index contributed by atoms with van der Waals surface area (Å²) in [6.07, 6.45) is 0.876. The molecule has 1 aliphatic rings. The summed E-state index contributed by atoms with van der Waals surface area (Å²) >= 11 is 0. The van der Waals surface area contributed by atoms with Crippen molar-refractivity contribution >= 4 is 10.0 Å². The maximum atomic E-state index is 12.4. The number of nitrogens with one attached hydrogen (secondary N) is 1. The van der Waals surface area contributed by atoms with Gasteiger partial charge in [-0.25, -0.2) is 13.1 Å². The highest BCUT2D eigenvalue weighted by molar-refractivity contribution is 7.89. The fraction of sp³-hybridized carbons (Fsp3) is 0.625. The predicted molar refractivity (Wildman–Crippen MR) is 86.0 cm³/mol. The van der Waals surface area contributed by atoms with Gasteiger partial charge in [-0.2, -0.15) is 0 Å². The third-order valence-corrected chi connectivity index (χ3v) is 5.67. The molecule has 0 radical (unpaired) electrons. The zero-order valence-corrected chi connectivity index (χ0v) is 14.2. The summed E-state index contributed by atoms with van der Waals surface area (Å²) in [4.78, 5) is 2.66. The van der Waals surface area contributed by atoms with Crippen LogP contribution in [0.3, 0.4) is 0 Å². The van der Waals surface area contributed by atoms with Crippen molar-refractivity contribution < 1.29 is 8.42 Å². The van der Waals surface area contributed by atoms with Crippen LogP contribution in [0, 0.1) is 0 Å². The van der Waals surface area contributed by atoms with Gasteiger partial charge in [0.25, 0.3) is 0 Å². The topological polar surface area (TPSA) is 49.4 Å². The van der Waals surface area contributed by atoms with Crippen LogP contribution >= 0.6 is 0 Å². The third kappa shape index (κ3) is 4.05. The van der Waals surface area contributed by atoms with Gasteiger partial charge in [0.1, 0.15) is 0 Å². The molecule has 1 fully saturated rings. The molecular weight excluding hydrogens is 284 g/mol. The first-order chi connectivity index (χ1) is 9.79. The zero-order chi connectivity index (χ0) is 15.6. The third-order valence-electron chi connectivity index (χ3n) is 4.13. The Hall–Kier alpha value is -0.910. The Bertz CT molecular complexity index is 564. The molecule has 1 aromatic rings. The monoisotopic (exact) mass is 310 g/mol. The van der Waals surface area contributed by atoms with Crippen LogP contribution < -0.4 is 4.72 Å². The lowest BCUT2D eigenvalue weighted by molar-refractivity contribution is 0.271. The van der Waals surface area contributed by atoms with Gasteiger partial charge in [-0.05, 0) is 43.9 Å². The fourth-order valence-electron chi connectivity index (χ4n) is 2.67. The minimum absolute atomic E-state index is 0.0159. The second-order valence-corrected chi connectivity index (χ2v) is 8.13. The molecule has 5 heteroatoms. The van der Waals surface area contributed by atoms with Crippen molar-refractivity contribution in [2.24, 2.45) is 0 Å². The second kappa shape index (κ2) is 6.46. The van der Waals surface area contributed by atoms with Gasteiger partial charge in [0.2, 0.25) is 10.0 Å². The number of benzene rings is 1. The highest BCUT2D eigenvalue weighted by Gasteiger charge is 2.28. The number of hydrogen-bond acceptors (Lipinski definition) is 3. The molecular formula is C16H26N2O2S. The Labute approximate surface area is 128 Å². The SMILES string of the molecule is CC(C)c1ccc(S(=O)(=O)N[C@H]2CCN(C(C)C)C2)cc1. The maximum Gasteiger partial charge on any atom is 0.240 e. The first kappa shape index (κ1) is 16.5. The predicted octanol–water partition coefficient (Wildman–Crippen LogP) is 2.57. The van der Waals surface area contributed by atoms with Crippen LogP contribution in [0.25, 0.3) is 0 Å². The summed E-state index contributed by atoms with van der Waals surface area (Å²) in [5.74, 6) is 0.407. The molecule has 21 heavy (non-hydrogen) atoms. The molecule has 0 aliphatic carbocycles. The highest BCUT2D eigenvalue weighted by Crippen LogP contribution is 2.19. The van der Waals surface area contributed by atoms with Crippen LogP contribution in [-0.2, 0) is 10.0 Å². The van der Waals surface area contributed by atoms with E-state index in [-0.39, 0.29) is 6.04 Å². The van der Waals surface area contributed by atoms with Crippen molar-refractivity contribution in [3.8, 4) is 0 Å². The molecule has 0 unspecified atom stereocenters. The average Bonchev–Trinajstić information content (AvgIpc) is 2.87. The van der Waals surface area contributed by atoms with E-state index >= 15 is 0 Å². The van der Waals surface area contributed by atoms with E-state index < -0.39 is 10.0 Å². The van der Waals surface area contributed by atoms with E-state index in [0.717, 1.165) is 25.1 Å². The van der Waals surface area contributed by atoms with Crippen LogP contribution in [0.1, 0.15) is 45.6 Å². The van der Waals surface area contributed by atoms with Crippen LogP contribution in [0.15, 0.2) is 29.2 Å². The number of likely N-dealkylation sites (tertiary alicyclic amines) is 1. The Morgan fingerprint density at radius 3 is 2.24 bits per heavy atom. The second-order valence-electron chi connectivity index (χ2n) is 6.42. The smallest absolute Gasteiger partial charge is 0.240 e. The average molecular weight is 310 g/mol. The normalized spacial score (nSPS) is 20.6. The van der Waals surface area contributed by atoms with Gasteiger partial charge >= 0.3 is 0 Å². The van der Waals surface area contributed by atoms with E-state index in [0.29, 0.717) is 16.9 Å². The summed E-state index contributed by atoms with van der Waals surface area (Å²) in [5, 5.41) is 0. The molecule has 1 aliphatic heterocycles. The van der Waals surface area contributed by atoms with Crippen LogP contribution in [0.5, 0.6) is 0 Å². The quantitative estimate of drug-likeness (QED) is 0.909. The summed E-state index contributed by atoms with van der Waals surface area (Å²) in [6, 6.07) is 7.68. The van der Waals surface area contributed by atoms with Gasteiger partial charge < -0.3 is 0 Å². The van der Waals surface area contributed by atoms with E-state index in [4.69, 9.17) is 0 Å². The lowest BCUT2D eigenvalue weighted by Crippen LogP contribution is -2.38. The molecule has 1 atom stereocenters. The summed E-state index contributed by atoms with van der Waals surface area (Å²) in [5.41, 5.74) is 1.15. The van der Waals surface area contributed by atoms with Crippen LogP contribution in [0.2, 0.25) is 0 Å². The maximum absolute atomic E-state index is 12.4. The van der Waals surface area contributed by atoms with Gasteiger partial charge in [-0.3, -0.25) is 4.90 Å². The Morgan fingerprint density at radius 2 is 1.76 bits per heavy atom. The molecule has 0 spiro atoms. The van der Waals surface area contributed by atoms with E-state index in [2.05, 4.69) is 37.3 Å². The number of nitrogens with zero attached hydrogens (tertiary/aromatic N) is 1. The van der Waals surface area contributed by atoms with Crippen molar-refractivity contribution in [1.29, 1.82) is 0 Å². The van der Waals surface area contributed by atoms with E-state index in [1.165, 1.54) is 0 Å². The van der Waals surface area contributed by atoms with E-state index in [1.807, 2.05) is 12.1 Å². The van der Waals surface area contributed by atoms with E-state index in [1.54, 1.807) is 12.1 Å².